The number of alkyl halides is 6. The first-order chi connectivity index (χ1) is 45.9. The van der Waals surface area contributed by atoms with Crippen LogP contribution < -0.4 is 18.9 Å². The summed E-state index contributed by atoms with van der Waals surface area (Å²) in [6, 6.07) is 16.2. The van der Waals surface area contributed by atoms with E-state index in [2.05, 4.69) is 0 Å². The molecule has 6 heterocycles. The van der Waals surface area contributed by atoms with Crippen molar-refractivity contribution < 1.29 is 111 Å². The number of hydrogen-bond acceptors (Lipinski definition) is 14. The first-order valence-electron chi connectivity index (χ1n) is 29.9. The molecule has 4 fully saturated rings. The van der Waals surface area contributed by atoms with E-state index >= 15 is 63.1 Å². The van der Waals surface area contributed by atoms with E-state index in [-0.39, 0.29) is 118 Å². The lowest BCUT2D eigenvalue weighted by molar-refractivity contribution is -0.159. The molecule has 6 unspecified atom stereocenters. The zero-order valence-corrected chi connectivity index (χ0v) is 49.4. The number of rotatable bonds is 22. The molecule has 0 spiro atoms. The third-order valence-corrected chi connectivity index (χ3v) is 17.0. The molecule has 0 aliphatic carbocycles. The predicted molar refractivity (Wildman–Crippen MR) is 316 cm³/mol. The highest BCUT2D eigenvalue weighted by Gasteiger charge is 2.52. The average molecular weight is 1330 g/mol. The number of carbonyl (C=O) groups excluding carboxylic acids is 6. The molecular formula is C68H46F10N4O14. The topological polar surface area (TPSA) is 202 Å². The number of nitrogens with zero attached hydrogens (tertiary/aromatic N) is 4. The number of ether oxygens (including phenoxy) is 8. The van der Waals surface area contributed by atoms with Gasteiger partial charge in [-0.05, 0) is 72.8 Å². The highest BCUT2D eigenvalue weighted by molar-refractivity contribution is 6.45. The summed E-state index contributed by atoms with van der Waals surface area (Å²) in [6.07, 6.45) is -17.2. The van der Waals surface area contributed by atoms with Crippen LogP contribution in [0, 0.1) is 23.3 Å². The van der Waals surface area contributed by atoms with Crippen molar-refractivity contribution in [3.63, 3.8) is 0 Å². The number of epoxide rings is 4. The minimum Gasteiger partial charge on any atom is -0.457 e. The van der Waals surface area contributed by atoms with Crippen LogP contribution in [0.2, 0.25) is 0 Å². The number of fused-ring (bicyclic) bond motifs is 2. The first kappa shape index (κ1) is 62.0. The largest absolute Gasteiger partial charge is 0.457 e. The molecule has 6 amide bonds. The predicted octanol–water partition coefficient (Wildman–Crippen LogP) is 12.5. The third-order valence-electron chi connectivity index (χ3n) is 17.0. The fourth-order valence-electron chi connectivity index (χ4n) is 12.7. The van der Waals surface area contributed by atoms with Gasteiger partial charge in [-0.1, -0.05) is 24.3 Å². The highest BCUT2D eigenvalue weighted by Crippen LogP contribution is 2.58. The maximum Gasteiger partial charge on any atom is 0.391 e. The van der Waals surface area contributed by atoms with Gasteiger partial charge in [-0.25, -0.2) is 17.6 Å². The molecule has 0 radical (unpaired) electrons. The second-order valence-corrected chi connectivity index (χ2v) is 23.9. The maximum absolute atomic E-state index is 15.9. The first-order valence-corrected chi connectivity index (χ1v) is 29.9. The van der Waals surface area contributed by atoms with E-state index in [1.54, 1.807) is 0 Å². The van der Waals surface area contributed by atoms with Gasteiger partial charge in [0.1, 0.15) is 81.3 Å². The molecule has 6 aliphatic heterocycles. The number of carbonyl (C=O) groups is 6. The van der Waals surface area contributed by atoms with Crippen molar-refractivity contribution in [1.29, 1.82) is 0 Å². The summed E-state index contributed by atoms with van der Waals surface area (Å²) in [5.74, 6) is -16.0. The van der Waals surface area contributed by atoms with Crippen LogP contribution in [0.15, 0.2) is 121 Å². The molecule has 28 heteroatoms. The number of amides is 6. The van der Waals surface area contributed by atoms with Crippen LogP contribution in [0.3, 0.4) is 0 Å². The van der Waals surface area contributed by atoms with Gasteiger partial charge in [0.15, 0.2) is 0 Å². The normalized spacial score (nSPS) is 19.3. The second kappa shape index (κ2) is 23.3. The zero-order chi connectivity index (χ0) is 67.0. The van der Waals surface area contributed by atoms with Gasteiger partial charge < -0.3 is 47.7 Å². The van der Waals surface area contributed by atoms with Crippen LogP contribution in [0.1, 0.15) is 54.3 Å². The minimum absolute atomic E-state index is 0.132. The van der Waals surface area contributed by atoms with Crippen LogP contribution in [-0.2, 0) is 28.5 Å². The molecular weight excluding hydrogens is 1290 g/mol. The van der Waals surface area contributed by atoms with Gasteiger partial charge in [0.25, 0.3) is 23.6 Å². The highest BCUT2D eigenvalue weighted by atomic mass is 19.4. The van der Waals surface area contributed by atoms with Crippen molar-refractivity contribution in [1.82, 2.24) is 19.6 Å². The molecule has 9 aromatic rings. The van der Waals surface area contributed by atoms with Gasteiger partial charge in [-0.3, -0.25) is 38.6 Å². The fraction of sp³-hybridized carbons (Fsp3) is 0.265. The molecule has 9 aromatic carbocycles. The lowest BCUT2D eigenvalue weighted by Gasteiger charge is -2.37. The Labute approximate surface area is 534 Å². The number of halogens is 10. The van der Waals surface area contributed by atoms with Crippen LogP contribution in [0.25, 0.3) is 43.1 Å². The van der Waals surface area contributed by atoms with Crippen molar-refractivity contribution in [2.75, 3.05) is 52.6 Å². The smallest absolute Gasteiger partial charge is 0.391 e. The van der Waals surface area contributed by atoms with Gasteiger partial charge in [0.05, 0.1) is 85.9 Å². The molecule has 6 aliphatic rings. The van der Waals surface area contributed by atoms with E-state index in [0.29, 0.717) is 0 Å². The summed E-state index contributed by atoms with van der Waals surface area (Å²) in [7, 11) is 0. The molecule has 492 valence electrons. The van der Waals surface area contributed by atoms with Crippen molar-refractivity contribution >= 4 is 78.5 Å². The van der Waals surface area contributed by atoms with E-state index in [4.69, 9.17) is 37.9 Å². The Balaban J connectivity index is 1.07. The van der Waals surface area contributed by atoms with E-state index in [1.807, 2.05) is 0 Å². The van der Waals surface area contributed by atoms with E-state index in [0.717, 1.165) is 82.6 Å². The van der Waals surface area contributed by atoms with Crippen LogP contribution in [-0.4, -0.2) is 157 Å². The number of imide groups is 2. The SMILES string of the molecule is O=C(C(CC(F)(F)F)N1C(=O)c2cc(Oc3cccc(F)c3)c3c4c(Oc5cccc(F)c5)cc5c6c(cc(Oc7cccc(F)c7)c(c7c(Oc8cccc(F)c8)cc(c2c37)C1=O)c64)C(=O)N(C(CC(F)(F)F)C(=O)N(CC1CO1)CC1CO1)C5=O)N(CC1CO1)CC1CO1. The third kappa shape index (κ3) is 11.9. The Morgan fingerprint density at radius 1 is 0.396 bits per heavy atom. The van der Waals surface area contributed by atoms with Crippen molar-refractivity contribution in [3.8, 4) is 46.0 Å². The molecule has 0 bridgehead atoms. The van der Waals surface area contributed by atoms with Crippen LogP contribution >= 0.6 is 0 Å². The van der Waals surface area contributed by atoms with Gasteiger partial charge in [-0.2, -0.15) is 26.3 Å². The van der Waals surface area contributed by atoms with Gasteiger partial charge >= 0.3 is 12.4 Å². The lowest BCUT2D eigenvalue weighted by Crippen LogP contribution is -2.57. The maximum atomic E-state index is 15.9. The van der Waals surface area contributed by atoms with E-state index in [1.165, 1.54) is 48.5 Å². The van der Waals surface area contributed by atoms with Crippen molar-refractivity contribution in [2.24, 2.45) is 0 Å². The molecule has 4 saturated heterocycles. The standard InChI is InChI=1S/C68H46F10N4O14/c69-31-5-1-9-35(13-31)93-49-17-43-53-44(62(84)81(61(43)83)47(21-67(73,74)75)65(87)79(23-39-27-89-39)24-40-28-90-40)19-51(95-37-11-3-7-33(71)15-37)57-58-52(96-38-12-4-8-34(72)16-38)20-46-54-45(18-50(56(60(54)58)55(49)59(53)57)94-36-10-2-6-32(70)14-36)63(85)82(64(46)86)48(22-68(76,77)78)66(88)80(25-41-29-91-41)26-42-30-92-42/h1-20,39-42,47-48H,21-30H2. The monoisotopic (exact) mass is 1330 g/mol. The molecule has 96 heavy (non-hydrogen) atoms. The molecule has 18 nitrogen and oxygen atoms in total. The summed E-state index contributed by atoms with van der Waals surface area (Å²) in [6.45, 7) is -0.524. The second-order valence-electron chi connectivity index (χ2n) is 23.9. The lowest BCUT2D eigenvalue weighted by atomic mass is 9.80. The average Bonchev–Trinajstić information content (AvgIpc) is 1.54. The molecule has 6 atom stereocenters. The van der Waals surface area contributed by atoms with Gasteiger partial charge in [0.2, 0.25) is 11.8 Å². The quantitative estimate of drug-likeness (QED) is 0.0204. The Hall–Kier alpha value is -10.2. The van der Waals surface area contributed by atoms with Crippen LogP contribution in [0.5, 0.6) is 46.0 Å². The molecule has 0 aromatic heterocycles. The van der Waals surface area contributed by atoms with Gasteiger partial charge in [-0.15, -0.1) is 0 Å². The van der Waals surface area contributed by atoms with Crippen LogP contribution in [0.4, 0.5) is 43.9 Å². The summed E-state index contributed by atoms with van der Waals surface area (Å²) in [5, 5.41) is -2.93. The summed E-state index contributed by atoms with van der Waals surface area (Å²) < 4.78 is 201. The summed E-state index contributed by atoms with van der Waals surface area (Å²) >= 11 is 0. The van der Waals surface area contributed by atoms with E-state index < -0.39 is 176 Å². The van der Waals surface area contributed by atoms with Crippen molar-refractivity contribution in [2.45, 2.75) is 61.7 Å². The Morgan fingerprint density at radius 3 is 0.844 bits per heavy atom. The Kier molecular flexibility index (Phi) is 15.1. The van der Waals surface area contributed by atoms with E-state index in [9.17, 15) is 9.59 Å². The summed E-state index contributed by atoms with van der Waals surface area (Å²) in [4.78, 5) is 95.6. The zero-order valence-electron chi connectivity index (χ0n) is 49.4. The fourth-order valence-corrected chi connectivity index (χ4v) is 12.7. The minimum atomic E-state index is -5.26. The Morgan fingerprint density at radius 2 is 0.635 bits per heavy atom. The van der Waals surface area contributed by atoms with Crippen molar-refractivity contribution in [3.05, 3.63) is 167 Å². The summed E-state index contributed by atoms with van der Waals surface area (Å²) in [5.41, 5.74) is -2.60. The number of benzene rings is 9. The molecule has 0 saturated carbocycles. The molecule has 0 N–H and O–H groups in total. The Bertz CT molecular complexity index is 4240. The molecule has 15 rings (SSSR count). The van der Waals surface area contributed by atoms with Gasteiger partial charge in [0, 0.05) is 93.5 Å². The number of hydrogen-bond donors (Lipinski definition) is 0.